The molecule has 0 amide bonds. The van der Waals surface area contributed by atoms with Crippen molar-refractivity contribution in [1.82, 2.24) is 10.6 Å². The van der Waals surface area contributed by atoms with E-state index in [4.69, 9.17) is 26.4 Å². The Labute approximate surface area is 134 Å². The van der Waals surface area contributed by atoms with Crippen LogP contribution in [0.1, 0.15) is 25.5 Å². The molecule has 2 unspecified atom stereocenters. The maximum absolute atomic E-state index is 12.4. The van der Waals surface area contributed by atoms with E-state index in [1.807, 2.05) is 25.1 Å². The molecule has 1 saturated heterocycles. The van der Waals surface area contributed by atoms with Crippen LogP contribution in [-0.4, -0.2) is 30.5 Å². The second-order valence-corrected chi connectivity index (χ2v) is 5.83. The van der Waals surface area contributed by atoms with Crippen LogP contribution in [0.4, 0.5) is 0 Å². The molecule has 0 aliphatic carbocycles. The maximum Gasteiger partial charge on any atom is 0.317 e. The zero-order chi connectivity index (χ0) is 15.9. The summed E-state index contributed by atoms with van der Waals surface area (Å²) in [4.78, 5) is 12.4. The van der Waals surface area contributed by atoms with Crippen molar-refractivity contribution in [3.63, 3.8) is 0 Å². The van der Waals surface area contributed by atoms with Gasteiger partial charge in [-0.3, -0.25) is 4.79 Å². The summed E-state index contributed by atoms with van der Waals surface area (Å²) in [6.45, 7) is 3.90. The normalized spacial score (nSPS) is 28.6. The molecule has 2 N–H and O–H groups in total. The largest absolute Gasteiger partial charge is 0.497 e. The molecule has 1 fully saturated rings. The molecule has 0 radical (unpaired) electrons. The van der Waals surface area contributed by atoms with Gasteiger partial charge in [-0.15, -0.1) is 0 Å². The van der Waals surface area contributed by atoms with Crippen LogP contribution < -0.4 is 20.1 Å². The third-order valence-corrected chi connectivity index (χ3v) is 4.21. The number of nitrogens with one attached hydrogen (secondary N) is 2. The van der Waals surface area contributed by atoms with Crippen LogP contribution in [0, 0.1) is 5.92 Å². The first kappa shape index (κ1) is 14.9. The van der Waals surface area contributed by atoms with Crippen LogP contribution in [0.2, 0.25) is 0 Å². The zero-order valence-corrected chi connectivity index (χ0v) is 13.5. The number of benzene rings is 1. The lowest BCUT2D eigenvalue weighted by Gasteiger charge is -2.50. The topological polar surface area (TPSA) is 68.8 Å². The molecule has 22 heavy (non-hydrogen) atoms. The number of esters is 1. The third kappa shape index (κ3) is 2.25. The Kier molecular flexibility index (Phi) is 3.60. The van der Waals surface area contributed by atoms with E-state index in [1.54, 1.807) is 14.0 Å². The van der Waals surface area contributed by atoms with Gasteiger partial charge in [0.1, 0.15) is 17.4 Å². The average molecular weight is 322 g/mol. The summed E-state index contributed by atoms with van der Waals surface area (Å²) >= 11 is 5.24. The van der Waals surface area contributed by atoms with Crippen molar-refractivity contribution in [3.8, 4) is 11.5 Å². The molecule has 1 aromatic carbocycles. The fraction of sp³-hybridized carbons (Fsp3) is 0.467. The number of methoxy groups -OCH3 is 1. The van der Waals surface area contributed by atoms with Gasteiger partial charge in [0, 0.05) is 5.56 Å². The van der Waals surface area contributed by atoms with E-state index in [0.29, 0.717) is 23.2 Å². The van der Waals surface area contributed by atoms with Gasteiger partial charge < -0.3 is 24.8 Å². The quantitative estimate of drug-likeness (QED) is 0.645. The minimum Gasteiger partial charge on any atom is -0.497 e. The number of thiocarbonyl (C=S) groups is 1. The van der Waals surface area contributed by atoms with Crippen molar-refractivity contribution in [2.75, 3.05) is 13.7 Å². The molecule has 2 aliphatic rings. The lowest BCUT2D eigenvalue weighted by atomic mass is 9.80. The van der Waals surface area contributed by atoms with Crippen LogP contribution in [0.3, 0.4) is 0 Å². The van der Waals surface area contributed by atoms with Crippen molar-refractivity contribution >= 4 is 23.3 Å². The van der Waals surface area contributed by atoms with Crippen LogP contribution in [0.5, 0.6) is 11.5 Å². The molecular weight excluding hydrogens is 304 g/mol. The van der Waals surface area contributed by atoms with E-state index in [2.05, 4.69) is 10.6 Å². The second-order valence-electron chi connectivity index (χ2n) is 5.42. The Hall–Kier alpha value is -2.02. The summed E-state index contributed by atoms with van der Waals surface area (Å²) in [5.41, 5.74) is -0.111. The van der Waals surface area contributed by atoms with Crippen LogP contribution >= 0.6 is 12.2 Å². The van der Waals surface area contributed by atoms with Crippen LogP contribution in [-0.2, 0) is 9.53 Å². The molecule has 7 heteroatoms. The summed E-state index contributed by atoms with van der Waals surface area (Å²) in [5, 5.41) is 6.65. The number of fused-ring (bicyclic) bond motifs is 4. The Morgan fingerprint density at radius 3 is 2.95 bits per heavy atom. The van der Waals surface area contributed by atoms with Gasteiger partial charge in [0.2, 0.25) is 0 Å². The van der Waals surface area contributed by atoms with E-state index in [-0.39, 0.29) is 12.0 Å². The lowest BCUT2D eigenvalue weighted by molar-refractivity contribution is -0.162. The SMILES string of the molecule is CCOC(=O)C1C2NC(=S)N[C@@]1(C)Oc1ccc(OC)cc12. The molecule has 6 nitrogen and oxygen atoms in total. The summed E-state index contributed by atoms with van der Waals surface area (Å²) in [6, 6.07) is 5.18. The molecule has 118 valence electrons. The fourth-order valence-electron chi connectivity index (χ4n) is 3.04. The number of rotatable bonds is 3. The van der Waals surface area contributed by atoms with Crippen molar-refractivity contribution in [2.24, 2.45) is 5.92 Å². The highest BCUT2D eigenvalue weighted by Crippen LogP contribution is 2.46. The van der Waals surface area contributed by atoms with Gasteiger partial charge >= 0.3 is 5.97 Å². The molecule has 2 aliphatic heterocycles. The fourth-order valence-corrected chi connectivity index (χ4v) is 3.37. The highest BCUT2D eigenvalue weighted by molar-refractivity contribution is 7.80. The molecule has 2 bridgehead atoms. The number of hydrogen-bond donors (Lipinski definition) is 2. The first-order chi connectivity index (χ1) is 10.5. The zero-order valence-electron chi connectivity index (χ0n) is 12.6. The first-order valence-corrected chi connectivity index (χ1v) is 7.51. The van der Waals surface area contributed by atoms with E-state index < -0.39 is 11.6 Å². The molecule has 1 aromatic rings. The molecule has 0 aromatic heterocycles. The molecule has 3 rings (SSSR count). The van der Waals surface area contributed by atoms with E-state index in [1.165, 1.54) is 0 Å². The number of carbonyl (C=O) groups excluding carboxylic acids is 1. The van der Waals surface area contributed by atoms with Gasteiger partial charge in [-0.2, -0.15) is 0 Å². The molecular formula is C15H18N2O4S. The van der Waals surface area contributed by atoms with Gasteiger partial charge in [-0.25, -0.2) is 0 Å². The highest BCUT2D eigenvalue weighted by atomic mass is 32.1. The maximum atomic E-state index is 12.4. The molecule has 0 spiro atoms. The smallest absolute Gasteiger partial charge is 0.317 e. The Balaban J connectivity index is 2.09. The van der Waals surface area contributed by atoms with Crippen LogP contribution in [0.25, 0.3) is 0 Å². The predicted octanol–water partition coefficient (Wildman–Crippen LogP) is 1.50. The Morgan fingerprint density at radius 2 is 2.27 bits per heavy atom. The highest BCUT2D eigenvalue weighted by Gasteiger charge is 2.55. The molecule has 0 saturated carbocycles. The van der Waals surface area contributed by atoms with E-state index >= 15 is 0 Å². The lowest BCUT2D eigenvalue weighted by Crippen LogP contribution is -2.70. The van der Waals surface area contributed by atoms with Gasteiger partial charge in [0.15, 0.2) is 10.8 Å². The van der Waals surface area contributed by atoms with E-state index in [9.17, 15) is 4.79 Å². The summed E-state index contributed by atoms with van der Waals surface area (Å²) < 4.78 is 16.5. The standard InChI is InChI=1S/C15H18N2O4S/c1-4-20-13(18)11-12-9-7-8(19-3)5-6-10(9)21-15(11,2)17-14(22)16-12/h5-7,11-12H,4H2,1-3H3,(H2,16,17,22)/t11?,12?,15-/m0/s1. The Morgan fingerprint density at radius 1 is 1.50 bits per heavy atom. The van der Waals surface area contributed by atoms with Crippen molar-refractivity contribution in [1.29, 1.82) is 0 Å². The van der Waals surface area contributed by atoms with Crippen molar-refractivity contribution in [3.05, 3.63) is 23.8 Å². The number of carbonyl (C=O) groups is 1. The number of hydrogen-bond acceptors (Lipinski definition) is 5. The van der Waals surface area contributed by atoms with Gasteiger partial charge in [0.25, 0.3) is 0 Å². The molecule has 2 heterocycles. The predicted molar refractivity (Wildman–Crippen MR) is 83.8 cm³/mol. The van der Waals surface area contributed by atoms with E-state index in [0.717, 1.165) is 5.56 Å². The van der Waals surface area contributed by atoms with Gasteiger partial charge in [-0.1, -0.05) is 0 Å². The van der Waals surface area contributed by atoms with Crippen molar-refractivity contribution < 1.29 is 19.0 Å². The monoisotopic (exact) mass is 322 g/mol. The van der Waals surface area contributed by atoms with Gasteiger partial charge in [0.05, 0.1) is 19.8 Å². The third-order valence-electron chi connectivity index (χ3n) is 3.99. The number of ether oxygens (including phenoxy) is 3. The summed E-state index contributed by atoms with van der Waals surface area (Å²) in [7, 11) is 1.60. The average Bonchev–Trinajstić information content (AvgIpc) is 2.45. The Bertz CT molecular complexity index is 636. The minimum absolute atomic E-state index is 0.313. The first-order valence-electron chi connectivity index (χ1n) is 7.10. The summed E-state index contributed by atoms with van der Waals surface area (Å²) in [5.74, 6) is 0.501. The van der Waals surface area contributed by atoms with Crippen LogP contribution in [0.15, 0.2) is 18.2 Å². The van der Waals surface area contributed by atoms with Crippen molar-refractivity contribution in [2.45, 2.75) is 25.6 Å². The summed E-state index contributed by atoms with van der Waals surface area (Å²) in [6.07, 6.45) is 0. The molecule has 3 atom stereocenters. The second kappa shape index (κ2) is 5.31. The minimum atomic E-state index is -0.944. The van der Waals surface area contributed by atoms with Gasteiger partial charge in [-0.05, 0) is 44.3 Å².